The summed E-state index contributed by atoms with van der Waals surface area (Å²) in [4.78, 5) is 13.5. The van der Waals surface area contributed by atoms with Crippen molar-refractivity contribution in [2.24, 2.45) is 16.4 Å². The summed E-state index contributed by atoms with van der Waals surface area (Å²) in [5.41, 5.74) is 0.254. The lowest BCUT2D eigenvalue weighted by Crippen LogP contribution is -2.59. The number of benzene rings is 1. The molecule has 2 amide bonds. The summed E-state index contributed by atoms with van der Waals surface area (Å²) in [6.45, 7) is 8.14. The van der Waals surface area contributed by atoms with Crippen molar-refractivity contribution in [2.75, 3.05) is 0 Å². The standard InChI is InChI=1S/C24H32F3N3O/c1-21(2)19(16-8-6-5-7-9-16)18(12-15-24(25,26)27)29-30(21)20(31)28-23(4)17-10-13-22(23,3)14-11-17/h5-9,17,19H,10-15H2,1-4H3,(H,28,31)/t17?,19?,22?,23-/m0/s1. The first-order valence-electron chi connectivity index (χ1n) is 11.2. The second-order valence-corrected chi connectivity index (χ2v) is 10.5. The molecular formula is C24H32F3N3O. The maximum atomic E-state index is 13.5. The molecule has 2 atom stereocenters. The van der Waals surface area contributed by atoms with Gasteiger partial charge in [0, 0.05) is 23.6 Å². The van der Waals surface area contributed by atoms with Gasteiger partial charge in [0.2, 0.25) is 0 Å². The van der Waals surface area contributed by atoms with Crippen molar-refractivity contribution < 1.29 is 18.0 Å². The van der Waals surface area contributed by atoms with Gasteiger partial charge in [-0.3, -0.25) is 0 Å². The summed E-state index contributed by atoms with van der Waals surface area (Å²) in [6, 6.07) is 9.10. The first-order chi connectivity index (χ1) is 14.4. The Balaban J connectivity index is 1.63. The Bertz CT molecular complexity index is 872. The number of halogens is 3. The van der Waals surface area contributed by atoms with Gasteiger partial charge in [-0.1, -0.05) is 37.3 Å². The largest absolute Gasteiger partial charge is 0.389 e. The fourth-order valence-electron chi connectivity index (χ4n) is 6.23. The Morgan fingerprint density at radius 2 is 1.74 bits per heavy atom. The summed E-state index contributed by atoms with van der Waals surface area (Å²) in [6.07, 6.45) is -1.05. The number of nitrogens with one attached hydrogen (secondary N) is 1. The van der Waals surface area contributed by atoms with Gasteiger partial charge in [0.05, 0.1) is 5.54 Å². The predicted molar refractivity (Wildman–Crippen MR) is 115 cm³/mol. The molecule has 4 nitrogen and oxygen atoms in total. The van der Waals surface area contributed by atoms with Crippen LogP contribution >= 0.6 is 0 Å². The van der Waals surface area contributed by atoms with E-state index in [1.165, 1.54) is 5.01 Å². The fraction of sp³-hybridized carbons (Fsp3) is 0.667. The highest BCUT2D eigenvalue weighted by Crippen LogP contribution is 2.60. The number of urea groups is 1. The Morgan fingerprint density at radius 1 is 1.13 bits per heavy atom. The van der Waals surface area contributed by atoms with Crippen molar-refractivity contribution in [3.63, 3.8) is 0 Å². The minimum Gasteiger partial charge on any atom is -0.330 e. The molecule has 1 aromatic carbocycles. The number of hydrogen-bond acceptors (Lipinski definition) is 2. The number of rotatable bonds is 4. The van der Waals surface area contributed by atoms with Gasteiger partial charge in [0.25, 0.3) is 0 Å². The van der Waals surface area contributed by atoms with Gasteiger partial charge in [0.15, 0.2) is 0 Å². The van der Waals surface area contributed by atoms with Crippen molar-refractivity contribution >= 4 is 11.7 Å². The number of hydrazone groups is 1. The Morgan fingerprint density at radius 3 is 2.26 bits per heavy atom. The maximum Gasteiger partial charge on any atom is 0.389 e. The molecule has 4 rings (SSSR count). The zero-order valence-corrected chi connectivity index (χ0v) is 18.7. The number of carbonyl (C=O) groups excluding carboxylic acids is 1. The van der Waals surface area contributed by atoms with Crippen molar-refractivity contribution in [3.8, 4) is 0 Å². The number of fused-ring (bicyclic) bond motifs is 2. The molecule has 2 bridgehead atoms. The summed E-state index contributed by atoms with van der Waals surface area (Å²) < 4.78 is 39.0. The van der Waals surface area contributed by atoms with Crippen molar-refractivity contribution in [1.82, 2.24) is 10.3 Å². The molecule has 170 valence electrons. The first-order valence-corrected chi connectivity index (χ1v) is 11.2. The molecule has 2 aliphatic carbocycles. The predicted octanol–water partition coefficient (Wildman–Crippen LogP) is 6.24. The quantitative estimate of drug-likeness (QED) is 0.598. The van der Waals surface area contributed by atoms with Crippen LogP contribution in [0.25, 0.3) is 0 Å². The number of nitrogens with zero attached hydrogens (tertiary/aromatic N) is 2. The van der Waals surface area contributed by atoms with E-state index >= 15 is 0 Å². The molecule has 31 heavy (non-hydrogen) atoms. The second kappa shape index (κ2) is 7.24. The molecule has 0 aromatic heterocycles. The van der Waals surface area contributed by atoms with Gasteiger partial charge in [-0.05, 0) is 69.8 Å². The number of amides is 2. The number of carbonyl (C=O) groups is 1. The lowest BCUT2D eigenvalue weighted by atomic mass is 9.76. The molecule has 1 aromatic rings. The molecule has 3 aliphatic rings. The zero-order chi connectivity index (χ0) is 22.7. The third-order valence-electron chi connectivity index (χ3n) is 8.33. The van der Waals surface area contributed by atoms with Gasteiger partial charge in [0.1, 0.15) is 0 Å². The summed E-state index contributed by atoms with van der Waals surface area (Å²) in [5.74, 6) is 0.0521. The molecular weight excluding hydrogens is 403 g/mol. The molecule has 1 unspecified atom stereocenters. The normalized spacial score (nSPS) is 34.2. The van der Waals surface area contributed by atoms with Gasteiger partial charge in [-0.15, -0.1) is 0 Å². The smallest absolute Gasteiger partial charge is 0.330 e. The lowest BCUT2D eigenvalue weighted by molar-refractivity contribution is -0.132. The highest BCUT2D eigenvalue weighted by molar-refractivity contribution is 5.96. The molecule has 0 radical (unpaired) electrons. The molecule has 0 spiro atoms. The first kappa shape index (κ1) is 22.2. The van der Waals surface area contributed by atoms with E-state index in [9.17, 15) is 18.0 Å². The van der Waals surface area contributed by atoms with Crippen LogP contribution in [0.4, 0.5) is 18.0 Å². The van der Waals surface area contributed by atoms with Crippen LogP contribution < -0.4 is 5.32 Å². The number of alkyl halides is 3. The van der Waals surface area contributed by atoms with Gasteiger partial charge >= 0.3 is 12.2 Å². The lowest BCUT2D eigenvalue weighted by Gasteiger charge is -2.42. The molecule has 2 fully saturated rings. The minimum atomic E-state index is -4.27. The van der Waals surface area contributed by atoms with E-state index in [0.29, 0.717) is 11.6 Å². The molecule has 2 saturated carbocycles. The van der Waals surface area contributed by atoms with E-state index in [4.69, 9.17) is 0 Å². The van der Waals surface area contributed by atoms with Gasteiger partial charge in [-0.2, -0.15) is 18.3 Å². The van der Waals surface area contributed by atoms with Crippen LogP contribution in [0.5, 0.6) is 0 Å². The Labute approximate surface area is 182 Å². The number of hydrogen-bond donors (Lipinski definition) is 1. The fourth-order valence-corrected chi connectivity index (χ4v) is 6.23. The van der Waals surface area contributed by atoms with E-state index in [-0.39, 0.29) is 29.3 Å². The van der Waals surface area contributed by atoms with E-state index in [1.54, 1.807) is 0 Å². The average molecular weight is 436 g/mol. The second-order valence-electron chi connectivity index (χ2n) is 10.5. The minimum absolute atomic E-state index is 0.0544. The van der Waals surface area contributed by atoms with E-state index < -0.39 is 18.1 Å². The highest BCUT2D eigenvalue weighted by Gasteiger charge is 2.60. The molecule has 0 saturated heterocycles. The zero-order valence-electron chi connectivity index (χ0n) is 18.7. The van der Waals surface area contributed by atoms with Crippen LogP contribution in [0.3, 0.4) is 0 Å². The van der Waals surface area contributed by atoms with Crippen LogP contribution in [-0.4, -0.2) is 34.0 Å². The van der Waals surface area contributed by atoms with Gasteiger partial charge in [-0.25, -0.2) is 9.80 Å². The Hall–Kier alpha value is -2.05. The SMILES string of the molecule is CC1(C)C(c2ccccc2)C(CCC(F)(F)F)=NN1C(=O)N[C@@]1(C)C2CCC1(C)CC2. The topological polar surface area (TPSA) is 44.7 Å². The Kier molecular flexibility index (Phi) is 5.17. The maximum absolute atomic E-state index is 13.5. The van der Waals surface area contributed by atoms with Gasteiger partial charge < -0.3 is 5.32 Å². The van der Waals surface area contributed by atoms with E-state index in [1.807, 2.05) is 44.2 Å². The van der Waals surface area contributed by atoms with Crippen molar-refractivity contribution in [2.45, 2.75) is 89.4 Å². The van der Waals surface area contributed by atoms with Crippen LogP contribution in [0, 0.1) is 11.3 Å². The summed E-state index contributed by atoms with van der Waals surface area (Å²) in [7, 11) is 0. The summed E-state index contributed by atoms with van der Waals surface area (Å²) >= 11 is 0. The molecule has 1 heterocycles. The molecule has 7 heteroatoms. The monoisotopic (exact) mass is 435 g/mol. The average Bonchev–Trinajstić information content (AvgIpc) is 3.19. The van der Waals surface area contributed by atoms with Crippen molar-refractivity contribution in [1.29, 1.82) is 0 Å². The molecule has 1 N–H and O–H groups in total. The molecule has 1 aliphatic heterocycles. The van der Waals surface area contributed by atoms with Crippen LogP contribution in [0.1, 0.15) is 77.7 Å². The third kappa shape index (κ3) is 3.64. The summed E-state index contributed by atoms with van der Waals surface area (Å²) in [5, 5.41) is 9.19. The van der Waals surface area contributed by atoms with Crippen LogP contribution in [0.15, 0.2) is 35.4 Å². The van der Waals surface area contributed by atoms with Crippen LogP contribution in [-0.2, 0) is 0 Å². The third-order valence-corrected chi connectivity index (χ3v) is 8.33. The van der Waals surface area contributed by atoms with Crippen LogP contribution in [0.2, 0.25) is 0 Å². The highest BCUT2D eigenvalue weighted by atomic mass is 19.4. The van der Waals surface area contributed by atoms with E-state index in [0.717, 1.165) is 31.2 Å². The van der Waals surface area contributed by atoms with E-state index in [2.05, 4.69) is 24.3 Å². The van der Waals surface area contributed by atoms with Crippen molar-refractivity contribution in [3.05, 3.63) is 35.9 Å².